The van der Waals surface area contributed by atoms with Gasteiger partial charge in [0, 0.05) is 44.8 Å². The van der Waals surface area contributed by atoms with Gasteiger partial charge in [0.15, 0.2) is 11.5 Å². The van der Waals surface area contributed by atoms with Crippen LogP contribution in [0.1, 0.15) is 47.2 Å². The minimum Gasteiger partial charge on any atom is -0.454 e. The molecule has 0 N–H and O–H groups in total. The minimum atomic E-state index is 0.0236. The van der Waals surface area contributed by atoms with E-state index >= 15 is 0 Å². The lowest BCUT2D eigenvalue weighted by Crippen LogP contribution is -2.48. The van der Waals surface area contributed by atoms with Crippen molar-refractivity contribution in [2.24, 2.45) is 0 Å². The second kappa shape index (κ2) is 7.75. The number of ether oxygens (including phenoxy) is 2. The molecule has 1 fully saturated rings. The third-order valence-electron chi connectivity index (χ3n) is 5.25. The first-order valence-electron chi connectivity index (χ1n) is 9.75. The molecular formula is C21H26N4O3. The van der Waals surface area contributed by atoms with Crippen molar-refractivity contribution >= 4 is 5.91 Å². The van der Waals surface area contributed by atoms with Crippen LogP contribution in [-0.4, -0.2) is 58.6 Å². The highest BCUT2D eigenvalue weighted by Gasteiger charge is 2.24. The van der Waals surface area contributed by atoms with E-state index in [1.54, 1.807) is 6.20 Å². The van der Waals surface area contributed by atoms with E-state index in [0.29, 0.717) is 25.4 Å². The summed E-state index contributed by atoms with van der Waals surface area (Å²) in [6, 6.07) is 6.07. The molecule has 1 aromatic heterocycles. The number of carbonyl (C=O) groups excluding carboxylic acids is 1. The maximum absolute atomic E-state index is 12.9. The van der Waals surface area contributed by atoms with Crippen LogP contribution in [0.5, 0.6) is 11.5 Å². The molecule has 2 aromatic rings. The van der Waals surface area contributed by atoms with E-state index in [1.807, 2.05) is 24.0 Å². The second-order valence-corrected chi connectivity index (χ2v) is 7.64. The van der Waals surface area contributed by atoms with E-state index in [4.69, 9.17) is 9.47 Å². The summed E-state index contributed by atoms with van der Waals surface area (Å²) in [5.41, 5.74) is 2.55. The molecule has 28 heavy (non-hydrogen) atoms. The predicted molar refractivity (Wildman–Crippen MR) is 105 cm³/mol. The first kappa shape index (κ1) is 18.7. The summed E-state index contributed by atoms with van der Waals surface area (Å²) in [4.78, 5) is 26.0. The summed E-state index contributed by atoms with van der Waals surface area (Å²) in [5.74, 6) is 2.67. The minimum absolute atomic E-state index is 0.0236. The number of piperazine rings is 1. The highest BCUT2D eigenvalue weighted by Crippen LogP contribution is 2.32. The smallest absolute Gasteiger partial charge is 0.257 e. The van der Waals surface area contributed by atoms with E-state index < -0.39 is 0 Å². The van der Waals surface area contributed by atoms with Gasteiger partial charge >= 0.3 is 0 Å². The number of hydrogen-bond acceptors (Lipinski definition) is 6. The van der Waals surface area contributed by atoms with Crippen molar-refractivity contribution in [1.82, 2.24) is 19.8 Å². The number of hydrogen-bond donors (Lipinski definition) is 0. The largest absolute Gasteiger partial charge is 0.454 e. The highest BCUT2D eigenvalue weighted by molar-refractivity contribution is 5.95. The Hall–Kier alpha value is -2.67. The van der Waals surface area contributed by atoms with Gasteiger partial charge in [0.1, 0.15) is 5.82 Å². The molecule has 2 aliphatic heterocycles. The SMILES string of the molecule is Cc1nc(C(C)C)ncc1C(=O)N1CCN(Cc2ccc3c(c2)OCO3)CC1. The Labute approximate surface area is 165 Å². The third-order valence-corrected chi connectivity index (χ3v) is 5.25. The lowest BCUT2D eigenvalue weighted by Gasteiger charge is -2.35. The van der Waals surface area contributed by atoms with Gasteiger partial charge in [-0.2, -0.15) is 0 Å². The normalized spacial score (nSPS) is 16.6. The van der Waals surface area contributed by atoms with Crippen LogP contribution < -0.4 is 9.47 Å². The van der Waals surface area contributed by atoms with Crippen LogP contribution in [-0.2, 0) is 6.54 Å². The fourth-order valence-corrected chi connectivity index (χ4v) is 3.55. The molecule has 0 saturated carbocycles. The number of rotatable bonds is 4. The predicted octanol–water partition coefficient (Wildman–Crippen LogP) is 2.60. The van der Waals surface area contributed by atoms with Gasteiger partial charge in [-0.05, 0) is 24.6 Å². The Morgan fingerprint density at radius 1 is 1.14 bits per heavy atom. The van der Waals surface area contributed by atoms with Gasteiger partial charge in [-0.25, -0.2) is 9.97 Å². The van der Waals surface area contributed by atoms with Crippen LogP contribution in [0.25, 0.3) is 0 Å². The maximum Gasteiger partial charge on any atom is 0.257 e. The third kappa shape index (κ3) is 3.80. The molecule has 1 amide bonds. The summed E-state index contributed by atoms with van der Waals surface area (Å²) >= 11 is 0. The Morgan fingerprint density at radius 2 is 1.89 bits per heavy atom. The molecule has 7 heteroatoms. The number of amides is 1. The number of aryl methyl sites for hydroxylation is 1. The van der Waals surface area contributed by atoms with Crippen LogP contribution >= 0.6 is 0 Å². The molecule has 7 nitrogen and oxygen atoms in total. The van der Waals surface area contributed by atoms with Gasteiger partial charge in [0.05, 0.1) is 11.3 Å². The van der Waals surface area contributed by atoms with Crippen molar-refractivity contribution in [3.63, 3.8) is 0 Å². The first-order chi connectivity index (χ1) is 13.5. The Kier molecular flexibility index (Phi) is 5.17. The average Bonchev–Trinajstić information content (AvgIpc) is 3.16. The second-order valence-electron chi connectivity index (χ2n) is 7.64. The van der Waals surface area contributed by atoms with Crippen LogP contribution in [0.3, 0.4) is 0 Å². The number of nitrogens with zero attached hydrogens (tertiary/aromatic N) is 4. The van der Waals surface area contributed by atoms with E-state index in [1.165, 1.54) is 5.56 Å². The molecule has 0 spiro atoms. The topological polar surface area (TPSA) is 67.8 Å². The summed E-state index contributed by atoms with van der Waals surface area (Å²) in [6.07, 6.45) is 1.68. The lowest BCUT2D eigenvalue weighted by atomic mass is 10.1. The molecule has 4 rings (SSSR count). The summed E-state index contributed by atoms with van der Waals surface area (Å²) < 4.78 is 10.8. The number of fused-ring (bicyclic) bond motifs is 1. The van der Waals surface area contributed by atoms with Gasteiger partial charge < -0.3 is 14.4 Å². The van der Waals surface area contributed by atoms with Crippen molar-refractivity contribution in [3.8, 4) is 11.5 Å². The molecule has 0 bridgehead atoms. The van der Waals surface area contributed by atoms with Crippen LogP contribution in [0.4, 0.5) is 0 Å². The van der Waals surface area contributed by atoms with Gasteiger partial charge in [-0.1, -0.05) is 19.9 Å². The molecular weight excluding hydrogens is 356 g/mol. The van der Waals surface area contributed by atoms with Crippen molar-refractivity contribution in [2.45, 2.75) is 33.2 Å². The van der Waals surface area contributed by atoms with Gasteiger partial charge in [0.2, 0.25) is 6.79 Å². The average molecular weight is 382 g/mol. The Morgan fingerprint density at radius 3 is 2.61 bits per heavy atom. The van der Waals surface area contributed by atoms with Crippen molar-refractivity contribution in [3.05, 3.63) is 47.0 Å². The fourth-order valence-electron chi connectivity index (χ4n) is 3.55. The van der Waals surface area contributed by atoms with Crippen LogP contribution in [0, 0.1) is 6.92 Å². The molecule has 3 heterocycles. The van der Waals surface area contributed by atoms with Crippen LogP contribution in [0.15, 0.2) is 24.4 Å². The highest BCUT2D eigenvalue weighted by atomic mass is 16.7. The molecule has 1 aromatic carbocycles. The van der Waals surface area contributed by atoms with E-state index in [-0.39, 0.29) is 11.8 Å². The quantitative estimate of drug-likeness (QED) is 0.810. The Balaban J connectivity index is 1.35. The van der Waals surface area contributed by atoms with Gasteiger partial charge in [0.25, 0.3) is 5.91 Å². The van der Waals surface area contributed by atoms with E-state index in [2.05, 4.69) is 34.8 Å². The standard InChI is InChI=1S/C21H26N4O3/c1-14(2)20-22-11-17(15(3)23-20)21(26)25-8-6-24(7-9-25)12-16-4-5-18-19(10-16)28-13-27-18/h4-5,10-11,14H,6-9,12-13H2,1-3H3. The summed E-state index contributed by atoms with van der Waals surface area (Å²) in [7, 11) is 0. The zero-order valence-electron chi connectivity index (χ0n) is 16.6. The molecule has 0 aliphatic carbocycles. The molecule has 0 radical (unpaired) electrons. The van der Waals surface area contributed by atoms with Crippen LogP contribution in [0.2, 0.25) is 0 Å². The molecule has 0 unspecified atom stereocenters. The maximum atomic E-state index is 12.9. The van der Waals surface area contributed by atoms with Crippen molar-refractivity contribution < 1.29 is 14.3 Å². The van der Waals surface area contributed by atoms with Crippen molar-refractivity contribution in [2.75, 3.05) is 33.0 Å². The molecule has 0 atom stereocenters. The van der Waals surface area contributed by atoms with Crippen molar-refractivity contribution in [1.29, 1.82) is 0 Å². The first-order valence-corrected chi connectivity index (χ1v) is 9.75. The molecule has 1 saturated heterocycles. The molecule has 2 aliphatic rings. The molecule has 148 valence electrons. The number of carbonyl (C=O) groups is 1. The number of benzene rings is 1. The fraction of sp³-hybridized carbons (Fsp3) is 0.476. The summed E-state index contributed by atoms with van der Waals surface area (Å²) in [6.45, 7) is 10.2. The van der Waals surface area contributed by atoms with E-state index in [0.717, 1.165) is 42.7 Å². The lowest BCUT2D eigenvalue weighted by molar-refractivity contribution is 0.0626. The van der Waals surface area contributed by atoms with Gasteiger partial charge in [-0.15, -0.1) is 0 Å². The van der Waals surface area contributed by atoms with E-state index in [9.17, 15) is 4.79 Å². The zero-order valence-corrected chi connectivity index (χ0v) is 16.6. The van der Waals surface area contributed by atoms with Gasteiger partial charge in [-0.3, -0.25) is 9.69 Å². The zero-order chi connectivity index (χ0) is 19.7. The Bertz CT molecular complexity index is 876. The number of aromatic nitrogens is 2. The summed E-state index contributed by atoms with van der Waals surface area (Å²) in [5, 5.41) is 0. The monoisotopic (exact) mass is 382 g/mol.